The van der Waals surface area contributed by atoms with E-state index in [1.807, 2.05) is 19.1 Å². The van der Waals surface area contributed by atoms with E-state index in [0.29, 0.717) is 5.69 Å². The van der Waals surface area contributed by atoms with Crippen LogP contribution in [0.15, 0.2) is 36.5 Å². The van der Waals surface area contributed by atoms with Crippen LogP contribution in [0.1, 0.15) is 5.69 Å². The molecule has 0 fully saturated rings. The molecule has 0 aliphatic heterocycles. The second-order valence-corrected chi connectivity index (χ2v) is 3.84. The first-order chi connectivity index (χ1) is 8.56. The molecule has 1 aromatic heterocycles. The maximum Gasteiger partial charge on any atom is 0.292 e. The second kappa shape index (κ2) is 4.70. The third-order valence-corrected chi connectivity index (χ3v) is 2.42. The third kappa shape index (κ3) is 2.54. The van der Waals surface area contributed by atoms with Crippen LogP contribution in [0.5, 0.6) is 0 Å². The van der Waals surface area contributed by atoms with Crippen molar-refractivity contribution in [3.05, 3.63) is 52.3 Å². The van der Waals surface area contributed by atoms with Crippen LogP contribution in [-0.4, -0.2) is 9.91 Å². The van der Waals surface area contributed by atoms with Crippen molar-refractivity contribution in [1.29, 1.82) is 0 Å². The highest BCUT2D eigenvalue weighted by atomic mass is 16.6. The number of pyridine rings is 1. The number of benzene rings is 1. The molecule has 0 spiro atoms. The number of nitrogens with zero attached hydrogens (tertiary/aromatic N) is 2. The molecule has 0 bridgehead atoms. The van der Waals surface area contributed by atoms with Crippen LogP contribution < -0.4 is 11.1 Å². The first-order valence-electron chi connectivity index (χ1n) is 5.30. The van der Waals surface area contributed by atoms with Crippen LogP contribution in [-0.2, 0) is 0 Å². The van der Waals surface area contributed by atoms with Gasteiger partial charge in [-0.15, -0.1) is 0 Å². The van der Waals surface area contributed by atoms with Crippen molar-refractivity contribution in [2.75, 3.05) is 11.1 Å². The monoisotopic (exact) mass is 244 g/mol. The number of rotatable bonds is 3. The standard InChI is InChI=1S/C12H12N4O2/c1-8-2-3-10(7-14-8)15-9-4-5-12(16(17)18)11(13)6-9/h2-7,15H,13H2,1H3. The lowest BCUT2D eigenvalue weighted by Crippen LogP contribution is -1.98. The highest BCUT2D eigenvalue weighted by Gasteiger charge is 2.10. The fourth-order valence-electron chi connectivity index (χ4n) is 1.51. The summed E-state index contributed by atoms with van der Waals surface area (Å²) in [6.45, 7) is 1.90. The summed E-state index contributed by atoms with van der Waals surface area (Å²) in [7, 11) is 0. The van der Waals surface area contributed by atoms with E-state index >= 15 is 0 Å². The number of nitrogens with two attached hydrogens (primary N) is 1. The molecule has 0 aliphatic rings. The molecule has 2 rings (SSSR count). The van der Waals surface area contributed by atoms with E-state index in [9.17, 15) is 10.1 Å². The second-order valence-electron chi connectivity index (χ2n) is 3.84. The van der Waals surface area contributed by atoms with Crippen LogP contribution in [0.3, 0.4) is 0 Å². The van der Waals surface area contributed by atoms with Gasteiger partial charge in [-0.3, -0.25) is 15.1 Å². The van der Waals surface area contributed by atoms with Gasteiger partial charge in [0.05, 0.1) is 16.8 Å². The van der Waals surface area contributed by atoms with Gasteiger partial charge in [0.15, 0.2) is 0 Å². The molecule has 2 aromatic rings. The average Bonchev–Trinajstić information content (AvgIpc) is 2.32. The van der Waals surface area contributed by atoms with Crippen LogP contribution in [0.25, 0.3) is 0 Å². The molecule has 18 heavy (non-hydrogen) atoms. The number of nitrogens with one attached hydrogen (secondary N) is 1. The molecule has 0 saturated heterocycles. The molecule has 0 atom stereocenters. The number of nitro groups is 1. The first-order valence-corrected chi connectivity index (χ1v) is 5.30. The number of hydrogen-bond acceptors (Lipinski definition) is 5. The topological polar surface area (TPSA) is 94.1 Å². The van der Waals surface area contributed by atoms with Gasteiger partial charge in [0.1, 0.15) is 5.69 Å². The molecule has 6 nitrogen and oxygen atoms in total. The Morgan fingerprint density at radius 1 is 1.28 bits per heavy atom. The summed E-state index contributed by atoms with van der Waals surface area (Å²) >= 11 is 0. The van der Waals surface area contributed by atoms with Crippen molar-refractivity contribution in [2.45, 2.75) is 6.92 Å². The number of aryl methyl sites for hydroxylation is 1. The summed E-state index contributed by atoms with van der Waals surface area (Å²) in [5.41, 5.74) is 8.04. The van der Waals surface area contributed by atoms with Gasteiger partial charge >= 0.3 is 0 Å². The Hall–Kier alpha value is -2.63. The normalized spacial score (nSPS) is 10.1. The molecule has 92 valence electrons. The molecule has 3 N–H and O–H groups in total. The Morgan fingerprint density at radius 2 is 2.00 bits per heavy atom. The average molecular weight is 244 g/mol. The Labute approximate surface area is 104 Å². The van der Waals surface area contributed by atoms with Crippen molar-refractivity contribution in [1.82, 2.24) is 4.98 Å². The minimum atomic E-state index is -0.507. The molecule has 0 aliphatic carbocycles. The summed E-state index contributed by atoms with van der Waals surface area (Å²) in [5.74, 6) is 0. The Balaban J connectivity index is 2.22. The summed E-state index contributed by atoms with van der Waals surface area (Å²) in [5, 5.41) is 13.7. The molecule has 0 saturated carbocycles. The largest absolute Gasteiger partial charge is 0.393 e. The Bertz CT molecular complexity index is 581. The summed E-state index contributed by atoms with van der Waals surface area (Å²) in [4.78, 5) is 14.3. The molecule has 0 unspecified atom stereocenters. The van der Waals surface area contributed by atoms with Crippen LogP contribution in [0.2, 0.25) is 0 Å². The van der Waals surface area contributed by atoms with E-state index in [-0.39, 0.29) is 11.4 Å². The van der Waals surface area contributed by atoms with Crippen molar-refractivity contribution in [2.24, 2.45) is 0 Å². The Kier molecular flexibility index (Phi) is 3.09. The number of hydrogen-bond donors (Lipinski definition) is 2. The van der Waals surface area contributed by atoms with Gasteiger partial charge in [-0.2, -0.15) is 0 Å². The highest BCUT2D eigenvalue weighted by molar-refractivity contribution is 5.69. The zero-order chi connectivity index (χ0) is 13.1. The number of nitrogen functional groups attached to an aromatic ring is 1. The molecule has 1 heterocycles. The zero-order valence-electron chi connectivity index (χ0n) is 9.75. The summed E-state index contributed by atoms with van der Waals surface area (Å²) in [6, 6.07) is 8.25. The highest BCUT2D eigenvalue weighted by Crippen LogP contribution is 2.26. The maximum absolute atomic E-state index is 10.6. The maximum atomic E-state index is 10.6. The lowest BCUT2D eigenvalue weighted by Gasteiger charge is -2.07. The van der Waals surface area contributed by atoms with Gasteiger partial charge in [-0.25, -0.2) is 0 Å². The zero-order valence-corrected chi connectivity index (χ0v) is 9.75. The predicted octanol–water partition coefficient (Wildman–Crippen LogP) is 2.62. The lowest BCUT2D eigenvalue weighted by atomic mass is 10.2. The van der Waals surface area contributed by atoms with Gasteiger partial charge < -0.3 is 11.1 Å². The first kappa shape index (κ1) is 11.8. The summed E-state index contributed by atoms with van der Waals surface area (Å²) in [6.07, 6.45) is 1.69. The third-order valence-electron chi connectivity index (χ3n) is 2.42. The van der Waals surface area contributed by atoms with Gasteiger partial charge in [-0.1, -0.05) is 0 Å². The van der Waals surface area contributed by atoms with E-state index in [1.54, 1.807) is 12.3 Å². The fraction of sp³-hybridized carbons (Fsp3) is 0.0833. The SMILES string of the molecule is Cc1ccc(Nc2ccc([N+](=O)[O-])c(N)c2)cn1. The number of nitro benzene ring substituents is 1. The smallest absolute Gasteiger partial charge is 0.292 e. The van der Waals surface area contributed by atoms with Crippen molar-refractivity contribution >= 4 is 22.7 Å². The van der Waals surface area contributed by atoms with Gasteiger partial charge in [-0.05, 0) is 31.2 Å². The van der Waals surface area contributed by atoms with Gasteiger partial charge in [0, 0.05) is 17.4 Å². The van der Waals surface area contributed by atoms with E-state index in [0.717, 1.165) is 11.4 Å². The van der Waals surface area contributed by atoms with Crippen molar-refractivity contribution in [3.63, 3.8) is 0 Å². The fourth-order valence-corrected chi connectivity index (χ4v) is 1.51. The molecule has 0 radical (unpaired) electrons. The quantitative estimate of drug-likeness (QED) is 0.491. The summed E-state index contributed by atoms with van der Waals surface area (Å²) < 4.78 is 0. The van der Waals surface area contributed by atoms with Crippen molar-refractivity contribution < 1.29 is 4.92 Å². The molecule has 6 heteroatoms. The number of anilines is 3. The van der Waals surface area contributed by atoms with E-state index < -0.39 is 4.92 Å². The van der Waals surface area contributed by atoms with Gasteiger partial charge in [0.25, 0.3) is 5.69 Å². The molecule has 0 amide bonds. The molecule has 1 aromatic carbocycles. The van der Waals surface area contributed by atoms with Crippen molar-refractivity contribution in [3.8, 4) is 0 Å². The van der Waals surface area contributed by atoms with E-state index in [1.165, 1.54) is 12.1 Å². The van der Waals surface area contributed by atoms with Crippen LogP contribution in [0.4, 0.5) is 22.7 Å². The minimum absolute atomic E-state index is 0.0948. The molecular formula is C12H12N4O2. The van der Waals surface area contributed by atoms with Crippen LogP contribution >= 0.6 is 0 Å². The van der Waals surface area contributed by atoms with Crippen LogP contribution in [0, 0.1) is 17.0 Å². The minimum Gasteiger partial charge on any atom is -0.393 e. The lowest BCUT2D eigenvalue weighted by molar-refractivity contribution is -0.383. The number of aromatic nitrogens is 1. The predicted molar refractivity (Wildman–Crippen MR) is 69.8 cm³/mol. The molecular weight excluding hydrogens is 232 g/mol. The van der Waals surface area contributed by atoms with E-state index in [4.69, 9.17) is 5.73 Å². The van der Waals surface area contributed by atoms with Gasteiger partial charge in [0.2, 0.25) is 0 Å². The Morgan fingerprint density at radius 3 is 2.56 bits per heavy atom. The van der Waals surface area contributed by atoms with E-state index in [2.05, 4.69) is 10.3 Å².